The van der Waals surface area contributed by atoms with Crippen LogP contribution in [0.5, 0.6) is 0 Å². The van der Waals surface area contributed by atoms with Crippen molar-refractivity contribution in [2.45, 2.75) is 117 Å². The largest absolute Gasteiger partial charge is 0.393 e. The maximum atomic E-state index is 10.3. The van der Waals surface area contributed by atoms with Gasteiger partial charge < -0.3 is 10.2 Å². The average molecular weight is 417 g/mol. The smallest absolute Gasteiger partial charge is 0.0617 e. The van der Waals surface area contributed by atoms with Crippen molar-refractivity contribution in [1.82, 2.24) is 0 Å². The third-order valence-electron chi connectivity index (χ3n) is 11.1. The van der Waals surface area contributed by atoms with Crippen LogP contribution in [-0.2, 0) is 0 Å². The van der Waals surface area contributed by atoms with Crippen molar-refractivity contribution < 1.29 is 10.2 Å². The van der Waals surface area contributed by atoms with Crippen molar-refractivity contribution >= 4 is 0 Å². The Kier molecular flexibility index (Phi) is 6.02. The Morgan fingerprint density at radius 3 is 2.47 bits per heavy atom. The van der Waals surface area contributed by atoms with E-state index in [4.69, 9.17) is 0 Å². The van der Waals surface area contributed by atoms with E-state index in [0.29, 0.717) is 16.7 Å². The molecule has 0 aromatic heterocycles. The maximum Gasteiger partial charge on any atom is 0.0617 e. The van der Waals surface area contributed by atoms with E-state index in [1.807, 2.05) is 13.8 Å². The fourth-order valence-electron chi connectivity index (χ4n) is 8.68. The van der Waals surface area contributed by atoms with Crippen molar-refractivity contribution in [3.8, 4) is 0 Å². The minimum atomic E-state index is -0.560. The molecule has 0 saturated heterocycles. The van der Waals surface area contributed by atoms with Gasteiger partial charge in [-0.1, -0.05) is 45.8 Å². The van der Waals surface area contributed by atoms with Gasteiger partial charge in [-0.05, 0) is 118 Å². The highest BCUT2D eigenvalue weighted by molar-refractivity contribution is 5.25. The third-order valence-corrected chi connectivity index (χ3v) is 11.1. The second-order valence-corrected chi connectivity index (χ2v) is 13.0. The molecule has 9 atom stereocenters. The van der Waals surface area contributed by atoms with Gasteiger partial charge in [0.2, 0.25) is 0 Å². The summed E-state index contributed by atoms with van der Waals surface area (Å²) in [5.41, 5.74) is 1.90. The highest BCUT2D eigenvalue weighted by Gasteiger charge is 2.59. The van der Waals surface area contributed by atoms with Gasteiger partial charge in [-0.25, -0.2) is 0 Å². The molecule has 0 aromatic rings. The van der Waals surface area contributed by atoms with Crippen LogP contribution < -0.4 is 0 Å². The molecule has 2 N–H and O–H groups in total. The first kappa shape index (κ1) is 22.8. The number of hydrogen-bond donors (Lipinski definition) is 2. The van der Waals surface area contributed by atoms with Crippen molar-refractivity contribution in [2.24, 2.45) is 46.3 Å². The monoisotopic (exact) mass is 416 g/mol. The molecule has 0 unspecified atom stereocenters. The molecule has 30 heavy (non-hydrogen) atoms. The van der Waals surface area contributed by atoms with Gasteiger partial charge in [0.25, 0.3) is 0 Å². The van der Waals surface area contributed by atoms with E-state index in [9.17, 15) is 10.2 Å². The number of rotatable bonds is 5. The third kappa shape index (κ3) is 3.72. The van der Waals surface area contributed by atoms with Crippen LogP contribution in [0, 0.1) is 46.3 Å². The van der Waals surface area contributed by atoms with Crippen molar-refractivity contribution in [3.63, 3.8) is 0 Å². The number of fused-ring (bicyclic) bond motifs is 5. The highest BCUT2D eigenvalue weighted by atomic mass is 16.3. The molecule has 2 nitrogen and oxygen atoms in total. The molecular formula is C28H48O2. The number of aliphatic hydroxyl groups is 2. The van der Waals surface area contributed by atoms with Gasteiger partial charge >= 0.3 is 0 Å². The van der Waals surface area contributed by atoms with Crippen LogP contribution in [0.1, 0.15) is 106 Å². The van der Waals surface area contributed by atoms with Crippen LogP contribution in [0.15, 0.2) is 11.6 Å². The van der Waals surface area contributed by atoms with E-state index in [2.05, 4.69) is 33.8 Å². The van der Waals surface area contributed by atoms with Gasteiger partial charge in [0.1, 0.15) is 0 Å². The summed E-state index contributed by atoms with van der Waals surface area (Å²) >= 11 is 0. The molecule has 3 saturated carbocycles. The first-order valence-corrected chi connectivity index (χ1v) is 13.1. The van der Waals surface area contributed by atoms with Gasteiger partial charge in [-0.15, -0.1) is 0 Å². The Hall–Kier alpha value is -0.340. The van der Waals surface area contributed by atoms with Crippen molar-refractivity contribution in [1.29, 1.82) is 0 Å². The second kappa shape index (κ2) is 7.91. The standard InChI is InChI=1S/C28H48O2/c1-18(7-8-19(2)26(3,4)30)23-11-12-24-22-10-9-20-17-21(29)13-15-27(20,5)25(22)14-16-28(23,24)6/h9,18-19,21-25,29-30H,7-8,10-17H2,1-6H3/t18-,19+,21+,22+,23-,24+,25+,27+,28-/m1/s1. The minimum absolute atomic E-state index is 0.0993. The molecule has 0 heterocycles. The first-order valence-electron chi connectivity index (χ1n) is 13.1. The van der Waals surface area contributed by atoms with Crippen LogP contribution in [0.25, 0.3) is 0 Å². The molecule has 3 fully saturated rings. The summed E-state index contributed by atoms with van der Waals surface area (Å²) in [6.45, 7) is 13.8. The number of hydrogen-bond acceptors (Lipinski definition) is 2. The first-order chi connectivity index (χ1) is 14.0. The zero-order chi connectivity index (χ0) is 21.9. The maximum absolute atomic E-state index is 10.3. The molecule has 4 rings (SSSR count). The van der Waals surface area contributed by atoms with E-state index in [0.717, 1.165) is 48.9 Å². The SMILES string of the molecule is C[C@H](CC[C@H](C)C(C)(C)O)[C@H]1CC[C@H]2[C@@H]3CC=C4C[C@@H](O)CC[C@]4(C)[C@H]3CC[C@]12C. The summed E-state index contributed by atoms with van der Waals surface area (Å²) < 4.78 is 0. The Labute approximate surface area is 185 Å². The zero-order valence-electron chi connectivity index (χ0n) is 20.6. The predicted octanol–water partition coefficient (Wildman–Crippen LogP) is 6.75. The van der Waals surface area contributed by atoms with Crippen LogP contribution in [0.4, 0.5) is 0 Å². The predicted molar refractivity (Wildman–Crippen MR) is 125 cm³/mol. The summed E-state index contributed by atoms with van der Waals surface area (Å²) in [7, 11) is 0. The molecular weight excluding hydrogens is 368 g/mol. The van der Waals surface area contributed by atoms with E-state index in [1.165, 1.54) is 44.9 Å². The van der Waals surface area contributed by atoms with E-state index >= 15 is 0 Å². The second-order valence-electron chi connectivity index (χ2n) is 13.0. The Bertz CT molecular complexity index is 660. The number of allylic oxidation sites excluding steroid dienone is 1. The van der Waals surface area contributed by atoms with E-state index in [1.54, 1.807) is 5.57 Å². The van der Waals surface area contributed by atoms with E-state index < -0.39 is 5.60 Å². The Balaban J connectivity index is 1.47. The lowest BCUT2D eigenvalue weighted by Gasteiger charge is -2.58. The molecule has 0 bridgehead atoms. The lowest BCUT2D eigenvalue weighted by molar-refractivity contribution is -0.0581. The fraction of sp³-hybridized carbons (Fsp3) is 0.929. The molecule has 0 amide bonds. The van der Waals surface area contributed by atoms with Crippen molar-refractivity contribution in [2.75, 3.05) is 0 Å². The highest BCUT2D eigenvalue weighted by Crippen LogP contribution is 2.67. The zero-order valence-corrected chi connectivity index (χ0v) is 20.6. The molecule has 172 valence electrons. The van der Waals surface area contributed by atoms with E-state index in [-0.39, 0.29) is 6.10 Å². The molecule has 4 aliphatic rings. The lowest BCUT2D eigenvalue weighted by atomic mass is 9.47. The summed E-state index contributed by atoms with van der Waals surface area (Å²) in [6.07, 6.45) is 14.9. The minimum Gasteiger partial charge on any atom is -0.393 e. The van der Waals surface area contributed by atoms with Gasteiger partial charge in [-0.2, -0.15) is 0 Å². The average Bonchev–Trinajstić information content (AvgIpc) is 3.03. The topological polar surface area (TPSA) is 40.5 Å². The van der Waals surface area contributed by atoms with Gasteiger partial charge in [0, 0.05) is 0 Å². The van der Waals surface area contributed by atoms with Crippen LogP contribution in [0.3, 0.4) is 0 Å². The van der Waals surface area contributed by atoms with Gasteiger partial charge in [-0.3, -0.25) is 0 Å². The molecule has 4 aliphatic carbocycles. The summed E-state index contributed by atoms with van der Waals surface area (Å²) in [5, 5.41) is 20.6. The summed E-state index contributed by atoms with van der Waals surface area (Å²) in [5.74, 6) is 4.56. The van der Waals surface area contributed by atoms with Gasteiger partial charge in [0.15, 0.2) is 0 Å². The molecule has 0 radical (unpaired) electrons. The van der Waals surface area contributed by atoms with Crippen LogP contribution in [0.2, 0.25) is 0 Å². The van der Waals surface area contributed by atoms with Crippen LogP contribution in [-0.4, -0.2) is 21.9 Å². The summed E-state index contributed by atoms with van der Waals surface area (Å²) in [4.78, 5) is 0. The summed E-state index contributed by atoms with van der Waals surface area (Å²) in [6, 6.07) is 0. The normalized spacial score (nSPS) is 45.7. The van der Waals surface area contributed by atoms with Crippen LogP contribution >= 0.6 is 0 Å². The quantitative estimate of drug-likeness (QED) is 0.487. The lowest BCUT2D eigenvalue weighted by Crippen LogP contribution is -2.50. The fourth-order valence-corrected chi connectivity index (χ4v) is 8.68. The Morgan fingerprint density at radius 2 is 1.77 bits per heavy atom. The van der Waals surface area contributed by atoms with Crippen molar-refractivity contribution in [3.05, 3.63) is 11.6 Å². The molecule has 0 aliphatic heterocycles. The molecule has 2 heteroatoms. The van der Waals surface area contributed by atoms with Gasteiger partial charge in [0.05, 0.1) is 11.7 Å². The molecule has 0 spiro atoms. The molecule has 0 aromatic carbocycles. The number of aliphatic hydroxyl groups excluding tert-OH is 1. The Morgan fingerprint density at radius 1 is 1.03 bits per heavy atom.